The van der Waals surface area contributed by atoms with Crippen molar-refractivity contribution in [1.82, 2.24) is 5.32 Å². The van der Waals surface area contributed by atoms with Gasteiger partial charge in [-0.15, -0.1) is 0 Å². The smallest absolute Gasteiger partial charge is 0.230 e. The fraction of sp³-hybridized carbons (Fsp3) is 0.364. The molecule has 1 aliphatic carbocycles. The van der Waals surface area contributed by atoms with Gasteiger partial charge >= 0.3 is 0 Å². The Morgan fingerprint density at radius 1 is 1.11 bits per heavy atom. The molecule has 0 atom stereocenters. The number of halogens is 1. The number of benzene rings is 2. The Kier molecular flexibility index (Phi) is 4.92. The zero-order chi connectivity index (χ0) is 18.9. The number of nitrogens with zero attached hydrogens (tertiary/aromatic N) is 1. The highest BCUT2D eigenvalue weighted by Crippen LogP contribution is 2.48. The standard InChI is InChI=1S/C22H23ClN2O2/c23-18-9-7-17(8-10-18)22(11-12-22)21(27)24-15-16-4-3-5-19(14-16)25-13-2-1-6-20(25)26/h3-5,7-10,14H,1-2,6,11-13,15H2,(H,24,27). The van der Waals surface area contributed by atoms with Gasteiger partial charge in [-0.05, 0) is 61.1 Å². The average molecular weight is 383 g/mol. The summed E-state index contributed by atoms with van der Waals surface area (Å²) < 4.78 is 0. The number of amides is 2. The summed E-state index contributed by atoms with van der Waals surface area (Å²) in [6, 6.07) is 15.5. The minimum Gasteiger partial charge on any atom is -0.351 e. The Morgan fingerprint density at radius 2 is 1.89 bits per heavy atom. The fourth-order valence-electron chi connectivity index (χ4n) is 3.81. The summed E-state index contributed by atoms with van der Waals surface area (Å²) in [5, 5.41) is 3.76. The van der Waals surface area contributed by atoms with Crippen LogP contribution < -0.4 is 10.2 Å². The molecule has 1 saturated heterocycles. The van der Waals surface area contributed by atoms with Gasteiger partial charge in [0.15, 0.2) is 0 Å². The second-order valence-corrected chi connectivity index (χ2v) is 7.88. The quantitative estimate of drug-likeness (QED) is 0.842. The van der Waals surface area contributed by atoms with Crippen LogP contribution in [0.5, 0.6) is 0 Å². The molecule has 2 amide bonds. The second-order valence-electron chi connectivity index (χ2n) is 7.44. The molecule has 4 nitrogen and oxygen atoms in total. The van der Waals surface area contributed by atoms with Gasteiger partial charge in [-0.3, -0.25) is 9.59 Å². The molecule has 140 valence electrons. The van der Waals surface area contributed by atoms with Gasteiger partial charge in [0.05, 0.1) is 5.41 Å². The zero-order valence-electron chi connectivity index (χ0n) is 15.2. The van der Waals surface area contributed by atoms with E-state index in [2.05, 4.69) is 5.32 Å². The van der Waals surface area contributed by atoms with E-state index < -0.39 is 5.41 Å². The van der Waals surface area contributed by atoms with Gasteiger partial charge in [-0.25, -0.2) is 0 Å². The van der Waals surface area contributed by atoms with E-state index in [9.17, 15) is 9.59 Å². The van der Waals surface area contributed by atoms with Crippen molar-refractivity contribution < 1.29 is 9.59 Å². The normalized spacial score (nSPS) is 18.3. The molecule has 2 aromatic carbocycles. The number of piperidine rings is 1. The van der Waals surface area contributed by atoms with E-state index in [1.54, 1.807) is 0 Å². The third-order valence-corrected chi connectivity index (χ3v) is 5.83. The summed E-state index contributed by atoms with van der Waals surface area (Å²) in [4.78, 5) is 26.8. The second kappa shape index (κ2) is 7.35. The number of hydrogen-bond donors (Lipinski definition) is 1. The highest BCUT2D eigenvalue weighted by molar-refractivity contribution is 6.30. The summed E-state index contributed by atoms with van der Waals surface area (Å²) in [5.41, 5.74) is 2.54. The number of rotatable bonds is 5. The molecule has 1 aliphatic heterocycles. The van der Waals surface area contributed by atoms with Crippen LogP contribution in [0.1, 0.15) is 43.2 Å². The van der Waals surface area contributed by atoms with E-state index in [1.807, 2.05) is 53.4 Å². The van der Waals surface area contributed by atoms with Crippen LogP contribution in [-0.4, -0.2) is 18.4 Å². The largest absolute Gasteiger partial charge is 0.351 e. The molecule has 0 aromatic heterocycles. The van der Waals surface area contributed by atoms with Crippen molar-refractivity contribution in [3.05, 3.63) is 64.7 Å². The molecule has 0 bridgehead atoms. The topological polar surface area (TPSA) is 49.4 Å². The molecule has 1 heterocycles. The first-order chi connectivity index (χ1) is 13.1. The van der Waals surface area contributed by atoms with Crippen LogP contribution in [0.3, 0.4) is 0 Å². The highest BCUT2D eigenvalue weighted by Gasteiger charge is 2.51. The van der Waals surface area contributed by atoms with Gasteiger partial charge in [0, 0.05) is 30.2 Å². The summed E-state index contributed by atoms with van der Waals surface area (Å²) >= 11 is 5.96. The zero-order valence-corrected chi connectivity index (χ0v) is 16.0. The summed E-state index contributed by atoms with van der Waals surface area (Å²) in [5.74, 6) is 0.242. The molecule has 2 aromatic rings. The van der Waals surface area contributed by atoms with Crippen molar-refractivity contribution in [1.29, 1.82) is 0 Å². The van der Waals surface area contributed by atoms with Gasteiger partial charge in [-0.2, -0.15) is 0 Å². The maximum absolute atomic E-state index is 12.8. The maximum Gasteiger partial charge on any atom is 0.230 e. The van der Waals surface area contributed by atoms with Crippen molar-refractivity contribution in [3.8, 4) is 0 Å². The van der Waals surface area contributed by atoms with E-state index in [0.29, 0.717) is 18.0 Å². The molecular weight excluding hydrogens is 360 g/mol. The first kappa shape index (κ1) is 18.1. The predicted molar refractivity (Wildman–Crippen MR) is 107 cm³/mol. The van der Waals surface area contributed by atoms with Gasteiger partial charge in [0.1, 0.15) is 0 Å². The van der Waals surface area contributed by atoms with Crippen LogP contribution >= 0.6 is 11.6 Å². The van der Waals surface area contributed by atoms with E-state index in [4.69, 9.17) is 11.6 Å². The van der Waals surface area contributed by atoms with Gasteiger partial charge in [0.2, 0.25) is 11.8 Å². The lowest BCUT2D eigenvalue weighted by atomic mass is 9.95. The first-order valence-corrected chi connectivity index (χ1v) is 9.90. The van der Waals surface area contributed by atoms with Crippen molar-refractivity contribution in [2.75, 3.05) is 11.4 Å². The SMILES string of the molecule is O=C1CCCCN1c1cccc(CNC(=O)C2(c3ccc(Cl)cc3)CC2)c1. The highest BCUT2D eigenvalue weighted by atomic mass is 35.5. The Hall–Kier alpha value is -2.33. The number of hydrogen-bond acceptors (Lipinski definition) is 2. The molecule has 2 fully saturated rings. The van der Waals surface area contributed by atoms with E-state index >= 15 is 0 Å². The lowest BCUT2D eigenvalue weighted by Crippen LogP contribution is -2.35. The molecule has 0 radical (unpaired) electrons. The van der Waals surface area contributed by atoms with Crippen molar-refractivity contribution in [2.45, 2.75) is 44.1 Å². The van der Waals surface area contributed by atoms with Crippen LogP contribution in [-0.2, 0) is 21.5 Å². The fourth-order valence-corrected chi connectivity index (χ4v) is 3.93. The van der Waals surface area contributed by atoms with Gasteiger partial charge in [0.25, 0.3) is 0 Å². The Morgan fingerprint density at radius 3 is 2.59 bits per heavy atom. The Labute approximate surface area is 164 Å². The average Bonchev–Trinajstić information content (AvgIpc) is 3.49. The van der Waals surface area contributed by atoms with Crippen molar-refractivity contribution in [2.24, 2.45) is 0 Å². The van der Waals surface area contributed by atoms with Gasteiger partial charge in [-0.1, -0.05) is 35.9 Å². The van der Waals surface area contributed by atoms with E-state index in [1.165, 1.54) is 0 Å². The van der Waals surface area contributed by atoms with Crippen molar-refractivity contribution in [3.63, 3.8) is 0 Å². The third-order valence-electron chi connectivity index (χ3n) is 5.58. The molecule has 4 rings (SSSR count). The van der Waals surface area contributed by atoms with Crippen LogP contribution in [0.15, 0.2) is 48.5 Å². The Bertz CT molecular complexity index is 859. The lowest BCUT2D eigenvalue weighted by molar-refractivity contribution is -0.123. The van der Waals surface area contributed by atoms with Crippen molar-refractivity contribution >= 4 is 29.1 Å². The molecule has 2 aliphatic rings. The summed E-state index contributed by atoms with van der Waals surface area (Å²) in [6.07, 6.45) is 4.35. The van der Waals surface area contributed by atoms with Crippen LogP contribution in [0, 0.1) is 0 Å². The first-order valence-electron chi connectivity index (χ1n) is 9.52. The number of carbonyl (C=O) groups is 2. The third kappa shape index (κ3) is 3.72. The lowest BCUT2D eigenvalue weighted by Gasteiger charge is -2.27. The van der Waals surface area contributed by atoms with E-state index in [-0.39, 0.29) is 11.8 Å². The summed E-state index contributed by atoms with van der Waals surface area (Å²) in [6.45, 7) is 1.23. The molecule has 1 saturated carbocycles. The molecular formula is C22H23ClN2O2. The molecule has 5 heteroatoms. The minimum atomic E-state index is -0.412. The number of nitrogens with one attached hydrogen (secondary N) is 1. The van der Waals surface area contributed by atoms with E-state index in [0.717, 1.165) is 49.0 Å². The van der Waals surface area contributed by atoms with Crippen LogP contribution in [0.4, 0.5) is 5.69 Å². The number of anilines is 1. The van der Waals surface area contributed by atoms with Crippen LogP contribution in [0.2, 0.25) is 5.02 Å². The summed E-state index contributed by atoms with van der Waals surface area (Å²) in [7, 11) is 0. The minimum absolute atomic E-state index is 0.0595. The number of carbonyl (C=O) groups excluding carboxylic acids is 2. The molecule has 27 heavy (non-hydrogen) atoms. The van der Waals surface area contributed by atoms with Gasteiger partial charge < -0.3 is 10.2 Å². The predicted octanol–water partition coefficient (Wildman–Crippen LogP) is 4.20. The molecule has 1 N–H and O–H groups in total. The molecule has 0 spiro atoms. The molecule has 0 unspecified atom stereocenters. The maximum atomic E-state index is 12.8. The monoisotopic (exact) mass is 382 g/mol. The Balaban J connectivity index is 1.43. The van der Waals surface area contributed by atoms with Crippen LogP contribution in [0.25, 0.3) is 0 Å².